The topological polar surface area (TPSA) is 42.2 Å². The highest BCUT2D eigenvalue weighted by Gasteiger charge is 2.52. The molecule has 0 spiro atoms. The summed E-state index contributed by atoms with van der Waals surface area (Å²) >= 11 is 0. The molecule has 1 aliphatic heterocycles. The molecule has 0 atom stereocenters. The Labute approximate surface area is 126 Å². The van der Waals surface area contributed by atoms with E-state index in [1.165, 1.54) is 6.07 Å². The minimum absolute atomic E-state index is 0.367. The summed E-state index contributed by atoms with van der Waals surface area (Å²) in [7, 11) is -0.728. The third kappa shape index (κ3) is 2.70. The molecule has 1 aliphatic rings. The highest BCUT2D eigenvalue weighted by atomic mass is 19.1. The second-order valence-corrected chi connectivity index (χ2v) is 7.06. The van der Waals surface area contributed by atoms with Crippen LogP contribution in [0, 0.1) is 17.1 Å². The van der Waals surface area contributed by atoms with Crippen molar-refractivity contribution in [1.29, 1.82) is 5.26 Å². The number of benzene rings is 1. The van der Waals surface area contributed by atoms with E-state index in [0.717, 1.165) is 0 Å². The van der Waals surface area contributed by atoms with Crippen molar-refractivity contribution in [3.8, 4) is 6.07 Å². The highest BCUT2D eigenvalue weighted by molar-refractivity contribution is 6.62. The molecular formula is C16H21BFNO2. The zero-order chi connectivity index (χ0) is 16.1. The van der Waals surface area contributed by atoms with E-state index in [-0.39, 0.29) is 0 Å². The molecule has 0 N–H and O–H groups in total. The maximum absolute atomic E-state index is 14.4. The number of nitrogens with zero attached hydrogens (tertiary/aromatic N) is 1. The van der Waals surface area contributed by atoms with Gasteiger partial charge in [0.15, 0.2) is 0 Å². The molecule has 2 rings (SSSR count). The zero-order valence-corrected chi connectivity index (χ0v) is 13.5. The fourth-order valence-corrected chi connectivity index (χ4v) is 2.14. The van der Waals surface area contributed by atoms with Crippen LogP contribution in [0.5, 0.6) is 0 Å². The Morgan fingerprint density at radius 2 is 1.67 bits per heavy atom. The van der Waals surface area contributed by atoms with Gasteiger partial charge < -0.3 is 9.31 Å². The lowest BCUT2D eigenvalue weighted by Gasteiger charge is -2.32. The first-order valence-corrected chi connectivity index (χ1v) is 7.07. The predicted molar refractivity (Wildman–Crippen MR) is 80.8 cm³/mol. The van der Waals surface area contributed by atoms with Crippen molar-refractivity contribution < 1.29 is 13.7 Å². The van der Waals surface area contributed by atoms with Crippen molar-refractivity contribution in [3.63, 3.8) is 0 Å². The molecular weight excluding hydrogens is 268 g/mol. The summed E-state index contributed by atoms with van der Waals surface area (Å²) < 4.78 is 26.1. The molecule has 0 radical (unpaired) electrons. The van der Waals surface area contributed by atoms with Crippen LogP contribution in [0.1, 0.15) is 47.1 Å². The quantitative estimate of drug-likeness (QED) is 0.786. The molecule has 0 amide bonds. The van der Waals surface area contributed by atoms with Gasteiger partial charge in [-0.15, -0.1) is 0 Å². The Morgan fingerprint density at radius 1 is 1.14 bits per heavy atom. The van der Waals surface area contributed by atoms with Gasteiger partial charge in [0.25, 0.3) is 0 Å². The van der Waals surface area contributed by atoms with Gasteiger partial charge in [0.05, 0.1) is 22.7 Å². The molecule has 5 heteroatoms. The van der Waals surface area contributed by atoms with Crippen LogP contribution in [0.3, 0.4) is 0 Å². The van der Waals surface area contributed by atoms with Crippen LogP contribution < -0.4 is 5.46 Å². The Bertz CT molecular complexity index is 589. The molecule has 3 nitrogen and oxygen atoms in total. The SMILES string of the molecule is CC(C)(C#N)c1ccc(B2OC(C)(C)C(C)(C)O2)c(F)c1. The Kier molecular flexibility index (Phi) is 3.68. The van der Waals surface area contributed by atoms with Crippen molar-refractivity contribution in [2.24, 2.45) is 0 Å². The van der Waals surface area contributed by atoms with Crippen molar-refractivity contribution in [2.75, 3.05) is 0 Å². The second kappa shape index (κ2) is 4.83. The van der Waals surface area contributed by atoms with Gasteiger partial charge in [0.2, 0.25) is 0 Å². The normalized spacial score (nSPS) is 20.4. The van der Waals surface area contributed by atoms with E-state index < -0.39 is 29.6 Å². The van der Waals surface area contributed by atoms with Crippen LogP contribution in [0.25, 0.3) is 0 Å². The summed E-state index contributed by atoms with van der Waals surface area (Å²) in [5.74, 6) is -0.408. The van der Waals surface area contributed by atoms with Gasteiger partial charge >= 0.3 is 7.12 Å². The predicted octanol–water partition coefficient (Wildman–Crippen LogP) is 2.93. The third-order valence-electron chi connectivity index (χ3n) is 4.51. The van der Waals surface area contributed by atoms with E-state index >= 15 is 0 Å². The maximum Gasteiger partial charge on any atom is 0.497 e. The first-order chi connectivity index (χ1) is 9.50. The minimum Gasteiger partial charge on any atom is -0.399 e. The fraction of sp³-hybridized carbons (Fsp3) is 0.562. The molecule has 0 unspecified atom stereocenters. The molecule has 0 saturated carbocycles. The maximum atomic E-state index is 14.4. The van der Waals surface area contributed by atoms with Crippen molar-refractivity contribution in [3.05, 3.63) is 29.6 Å². The Hall–Kier alpha value is -1.38. The first-order valence-electron chi connectivity index (χ1n) is 7.07. The molecule has 1 heterocycles. The summed E-state index contributed by atoms with van der Waals surface area (Å²) in [6.45, 7) is 11.2. The van der Waals surface area contributed by atoms with Gasteiger partial charge in [0, 0.05) is 5.46 Å². The number of nitriles is 1. The van der Waals surface area contributed by atoms with Crippen LogP contribution >= 0.6 is 0 Å². The monoisotopic (exact) mass is 289 g/mol. The molecule has 0 aliphatic carbocycles. The van der Waals surface area contributed by atoms with Crippen molar-refractivity contribution in [1.82, 2.24) is 0 Å². The van der Waals surface area contributed by atoms with Crippen LogP contribution in [0.15, 0.2) is 18.2 Å². The second-order valence-electron chi connectivity index (χ2n) is 7.06. The number of halogens is 1. The van der Waals surface area contributed by atoms with E-state index in [0.29, 0.717) is 11.0 Å². The fourth-order valence-electron chi connectivity index (χ4n) is 2.14. The summed E-state index contributed by atoms with van der Waals surface area (Å²) in [5.41, 5.74) is -0.729. The van der Waals surface area contributed by atoms with Gasteiger partial charge in [-0.3, -0.25) is 0 Å². The van der Waals surface area contributed by atoms with Crippen LogP contribution in [0.4, 0.5) is 4.39 Å². The number of hydrogen-bond acceptors (Lipinski definition) is 3. The van der Waals surface area contributed by atoms with Gasteiger partial charge in [-0.2, -0.15) is 5.26 Å². The van der Waals surface area contributed by atoms with Crippen molar-refractivity contribution in [2.45, 2.75) is 58.2 Å². The molecule has 112 valence electrons. The highest BCUT2D eigenvalue weighted by Crippen LogP contribution is 2.36. The molecule has 1 saturated heterocycles. The average Bonchev–Trinajstić information content (AvgIpc) is 2.58. The van der Waals surface area contributed by atoms with Crippen LogP contribution in [-0.2, 0) is 14.7 Å². The largest absolute Gasteiger partial charge is 0.497 e. The molecule has 1 fully saturated rings. The first kappa shape index (κ1) is 16.0. The lowest BCUT2D eigenvalue weighted by Crippen LogP contribution is -2.41. The van der Waals surface area contributed by atoms with Gasteiger partial charge in [-0.1, -0.05) is 12.1 Å². The molecule has 0 aromatic heterocycles. The number of rotatable bonds is 2. The minimum atomic E-state index is -0.728. The van der Waals surface area contributed by atoms with Crippen LogP contribution in [-0.4, -0.2) is 18.3 Å². The van der Waals surface area contributed by atoms with E-state index in [2.05, 4.69) is 6.07 Å². The third-order valence-corrected chi connectivity index (χ3v) is 4.51. The number of hydrogen-bond donors (Lipinski definition) is 0. The Morgan fingerprint density at radius 3 is 2.10 bits per heavy atom. The van der Waals surface area contributed by atoms with Gasteiger partial charge in [-0.05, 0) is 53.2 Å². The summed E-state index contributed by atoms with van der Waals surface area (Å²) in [6.07, 6.45) is 0. The molecule has 1 aromatic carbocycles. The average molecular weight is 289 g/mol. The Balaban J connectivity index is 2.35. The lowest BCUT2D eigenvalue weighted by molar-refractivity contribution is 0.00578. The van der Waals surface area contributed by atoms with E-state index in [4.69, 9.17) is 14.6 Å². The summed E-state index contributed by atoms with van der Waals surface area (Å²) in [5, 5.41) is 9.13. The van der Waals surface area contributed by atoms with Gasteiger partial charge in [-0.25, -0.2) is 4.39 Å². The van der Waals surface area contributed by atoms with E-state index in [1.807, 2.05) is 27.7 Å². The van der Waals surface area contributed by atoms with Crippen molar-refractivity contribution >= 4 is 12.6 Å². The lowest BCUT2D eigenvalue weighted by atomic mass is 9.76. The molecule has 0 bridgehead atoms. The summed E-state index contributed by atoms with van der Waals surface area (Å²) in [6, 6.07) is 6.96. The summed E-state index contributed by atoms with van der Waals surface area (Å²) in [4.78, 5) is 0. The van der Waals surface area contributed by atoms with Gasteiger partial charge in [0.1, 0.15) is 5.82 Å². The molecule has 1 aromatic rings. The van der Waals surface area contributed by atoms with Crippen LogP contribution in [0.2, 0.25) is 0 Å². The standard InChI is InChI=1S/C16H21BFNO2/c1-14(2,10-19)11-7-8-12(13(18)9-11)17-20-15(3,4)16(5,6)21-17/h7-9H,1-6H3. The van der Waals surface area contributed by atoms with E-state index in [1.54, 1.807) is 26.0 Å². The molecule has 21 heavy (non-hydrogen) atoms. The van der Waals surface area contributed by atoms with E-state index in [9.17, 15) is 4.39 Å². The zero-order valence-electron chi connectivity index (χ0n) is 13.5. The smallest absolute Gasteiger partial charge is 0.399 e.